The van der Waals surface area contributed by atoms with E-state index in [0.29, 0.717) is 18.7 Å². The Hall–Kier alpha value is -2.38. The van der Waals surface area contributed by atoms with Gasteiger partial charge in [-0.25, -0.2) is 0 Å². The molecule has 2 amide bonds. The van der Waals surface area contributed by atoms with Crippen molar-refractivity contribution < 1.29 is 9.59 Å². The molecule has 1 aromatic rings. The molecule has 0 atom stereocenters. The van der Waals surface area contributed by atoms with E-state index in [1.54, 1.807) is 6.08 Å². The molecule has 1 aromatic carbocycles. The zero-order valence-corrected chi connectivity index (χ0v) is 18.5. The molecule has 2 heterocycles. The first kappa shape index (κ1) is 21.8. The molecule has 2 saturated heterocycles. The Morgan fingerprint density at radius 3 is 2.23 bits per heavy atom. The van der Waals surface area contributed by atoms with Crippen molar-refractivity contribution in [2.75, 3.05) is 70.3 Å². The molecule has 31 heavy (non-hydrogen) atoms. The van der Waals surface area contributed by atoms with E-state index in [-0.39, 0.29) is 11.8 Å². The number of piperazine rings is 2. The summed E-state index contributed by atoms with van der Waals surface area (Å²) in [5, 5.41) is 2.80. The second-order valence-electron chi connectivity index (χ2n) is 8.81. The quantitative estimate of drug-likeness (QED) is 0.670. The number of benzene rings is 1. The van der Waals surface area contributed by atoms with Gasteiger partial charge in [0, 0.05) is 76.2 Å². The summed E-state index contributed by atoms with van der Waals surface area (Å²) in [6.07, 6.45) is 5.71. The summed E-state index contributed by atoms with van der Waals surface area (Å²) < 4.78 is 0. The Labute approximate surface area is 185 Å². The first-order valence-electron chi connectivity index (χ1n) is 11.6. The van der Waals surface area contributed by atoms with E-state index >= 15 is 0 Å². The number of hydrogen-bond acceptors (Lipinski definition) is 5. The number of amides is 2. The van der Waals surface area contributed by atoms with Gasteiger partial charge in [-0.2, -0.15) is 0 Å². The van der Waals surface area contributed by atoms with E-state index in [0.717, 1.165) is 64.1 Å². The lowest BCUT2D eigenvalue weighted by atomic mass is 9.91. The summed E-state index contributed by atoms with van der Waals surface area (Å²) >= 11 is 0. The van der Waals surface area contributed by atoms with E-state index in [2.05, 4.69) is 31.5 Å². The van der Waals surface area contributed by atoms with Crippen molar-refractivity contribution >= 4 is 17.5 Å². The van der Waals surface area contributed by atoms with Crippen LogP contribution in [0.15, 0.2) is 36.9 Å². The van der Waals surface area contributed by atoms with Gasteiger partial charge < -0.3 is 15.1 Å². The number of nitrogens with one attached hydrogen (secondary N) is 1. The van der Waals surface area contributed by atoms with Crippen molar-refractivity contribution in [2.24, 2.45) is 0 Å². The van der Waals surface area contributed by atoms with Gasteiger partial charge in [0.05, 0.1) is 6.54 Å². The molecule has 2 aliphatic heterocycles. The van der Waals surface area contributed by atoms with Gasteiger partial charge in [0.2, 0.25) is 5.91 Å². The van der Waals surface area contributed by atoms with E-state index < -0.39 is 0 Å². The van der Waals surface area contributed by atoms with Crippen LogP contribution >= 0.6 is 0 Å². The van der Waals surface area contributed by atoms with Gasteiger partial charge in [-0.3, -0.25) is 19.4 Å². The smallest absolute Gasteiger partial charge is 0.251 e. The van der Waals surface area contributed by atoms with Crippen molar-refractivity contribution in [1.29, 1.82) is 0 Å². The standard InChI is InChI=1S/C24H35N5O2/c1-2-10-25-24(31)20-6-8-22(9-7-20)27-13-11-26(12-14-27)19-23(30)29-17-15-28(16-18-29)21-4-3-5-21/h2,6-9,21H,1,3-5,10-19H2,(H,25,31). The largest absolute Gasteiger partial charge is 0.369 e. The lowest BCUT2D eigenvalue weighted by molar-refractivity contribution is -0.134. The van der Waals surface area contributed by atoms with Crippen LogP contribution in [-0.4, -0.2) is 98.0 Å². The normalized spacial score (nSPS) is 20.9. The molecule has 1 saturated carbocycles. The number of anilines is 1. The molecular formula is C24H35N5O2. The minimum Gasteiger partial charge on any atom is -0.369 e. The fraction of sp³-hybridized carbons (Fsp3) is 0.583. The summed E-state index contributed by atoms with van der Waals surface area (Å²) in [5.41, 5.74) is 1.78. The van der Waals surface area contributed by atoms with Crippen LogP contribution in [0.25, 0.3) is 0 Å². The second kappa shape index (κ2) is 10.3. The molecule has 0 spiro atoms. The molecule has 7 heteroatoms. The van der Waals surface area contributed by atoms with Gasteiger partial charge in [0.25, 0.3) is 5.91 Å². The fourth-order valence-electron chi connectivity index (χ4n) is 4.63. The SMILES string of the molecule is C=CCNC(=O)c1ccc(N2CCN(CC(=O)N3CCN(C4CCC4)CC3)CC2)cc1. The third-order valence-corrected chi connectivity index (χ3v) is 6.89. The third-order valence-electron chi connectivity index (χ3n) is 6.89. The molecule has 168 valence electrons. The van der Waals surface area contributed by atoms with Gasteiger partial charge >= 0.3 is 0 Å². The van der Waals surface area contributed by atoms with Crippen LogP contribution in [0.5, 0.6) is 0 Å². The van der Waals surface area contributed by atoms with Crippen molar-refractivity contribution in [2.45, 2.75) is 25.3 Å². The zero-order chi connectivity index (χ0) is 21.6. The molecule has 0 radical (unpaired) electrons. The molecule has 3 fully saturated rings. The maximum Gasteiger partial charge on any atom is 0.251 e. The van der Waals surface area contributed by atoms with Crippen LogP contribution < -0.4 is 10.2 Å². The molecule has 1 N–H and O–H groups in total. The zero-order valence-electron chi connectivity index (χ0n) is 18.5. The second-order valence-corrected chi connectivity index (χ2v) is 8.81. The monoisotopic (exact) mass is 425 g/mol. The average molecular weight is 426 g/mol. The number of carbonyl (C=O) groups excluding carboxylic acids is 2. The first-order valence-corrected chi connectivity index (χ1v) is 11.6. The van der Waals surface area contributed by atoms with Crippen LogP contribution in [0.4, 0.5) is 5.69 Å². The predicted octanol–water partition coefficient (Wildman–Crippen LogP) is 1.42. The highest BCUT2D eigenvalue weighted by Gasteiger charge is 2.30. The maximum absolute atomic E-state index is 12.8. The van der Waals surface area contributed by atoms with Crippen molar-refractivity contribution in [3.05, 3.63) is 42.5 Å². The lowest BCUT2D eigenvalue weighted by Crippen LogP contribution is -2.56. The van der Waals surface area contributed by atoms with Gasteiger partial charge in [0.1, 0.15) is 0 Å². The molecule has 1 aliphatic carbocycles. The molecule has 0 aromatic heterocycles. The van der Waals surface area contributed by atoms with Gasteiger partial charge in [-0.1, -0.05) is 12.5 Å². The van der Waals surface area contributed by atoms with E-state index in [1.807, 2.05) is 24.3 Å². The summed E-state index contributed by atoms with van der Waals surface area (Å²) in [5.74, 6) is 0.194. The van der Waals surface area contributed by atoms with Crippen LogP contribution in [0.1, 0.15) is 29.6 Å². The number of nitrogens with zero attached hydrogens (tertiary/aromatic N) is 4. The third kappa shape index (κ3) is 5.46. The predicted molar refractivity (Wildman–Crippen MR) is 123 cm³/mol. The topological polar surface area (TPSA) is 59.1 Å². The summed E-state index contributed by atoms with van der Waals surface area (Å²) in [7, 11) is 0. The van der Waals surface area contributed by atoms with E-state index in [4.69, 9.17) is 0 Å². The maximum atomic E-state index is 12.8. The Kier molecular flexibility index (Phi) is 7.25. The Bertz CT molecular complexity index is 761. The van der Waals surface area contributed by atoms with Gasteiger partial charge in [-0.15, -0.1) is 6.58 Å². The van der Waals surface area contributed by atoms with Crippen molar-refractivity contribution in [3.8, 4) is 0 Å². The highest BCUT2D eigenvalue weighted by molar-refractivity contribution is 5.94. The average Bonchev–Trinajstić information content (AvgIpc) is 2.77. The molecule has 3 aliphatic rings. The molecule has 0 bridgehead atoms. The minimum absolute atomic E-state index is 0.0803. The molecular weight excluding hydrogens is 390 g/mol. The summed E-state index contributed by atoms with van der Waals surface area (Å²) in [6, 6.07) is 8.52. The number of hydrogen-bond donors (Lipinski definition) is 1. The van der Waals surface area contributed by atoms with Crippen LogP contribution in [0.3, 0.4) is 0 Å². The van der Waals surface area contributed by atoms with Crippen LogP contribution in [-0.2, 0) is 4.79 Å². The van der Waals surface area contributed by atoms with E-state index in [9.17, 15) is 9.59 Å². The fourth-order valence-corrected chi connectivity index (χ4v) is 4.63. The van der Waals surface area contributed by atoms with Gasteiger partial charge in [-0.05, 0) is 37.1 Å². The van der Waals surface area contributed by atoms with Crippen molar-refractivity contribution in [3.63, 3.8) is 0 Å². The minimum atomic E-state index is -0.0803. The molecule has 4 rings (SSSR count). The number of carbonyl (C=O) groups is 2. The summed E-state index contributed by atoms with van der Waals surface area (Å²) in [6.45, 7) is 12.0. The number of rotatable bonds is 7. The Morgan fingerprint density at radius 2 is 1.65 bits per heavy atom. The Balaban J connectivity index is 1.19. The molecule has 0 unspecified atom stereocenters. The highest BCUT2D eigenvalue weighted by Crippen LogP contribution is 2.25. The molecule has 7 nitrogen and oxygen atoms in total. The Morgan fingerprint density at radius 1 is 0.968 bits per heavy atom. The van der Waals surface area contributed by atoms with Crippen LogP contribution in [0, 0.1) is 0 Å². The van der Waals surface area contributed by atoms with Crippen LogP contribution in [0.2, 0.25) is 0 Å². The summed E-state index contributed by atoms with van der Waals surface area (Å²) in [4.78, 5) is 34.0. The first-order chi connectivity index (χ1) is 15.1. The lowest BCUT2D eigenvalue weighted by Gasteiger charge is -2.43. The highest BCUT2D eigenvalue weighted by atomic mass is 16.2. The van der Waals surface area contributed by atoms with E-state index in [1.165, 1.54) is 19.3 Å². The van der Waals surface area contributed by atoms with Gasteiger partial charge in [0.15, 0.2) is 0 Å². The van der Waals surface area contributed by atoms with Crippen molar-refractivity contribution in [1.82, 2.24) is 20.0 Å².